The maximum absolute atomic E-state index is 11.9. The summed E-state index contributed by atoms with van der Waals surface area (Å²) in [5, 5.41) is 3.20. The summed E-state index contributed by atoms with van der Waals surface area (Å²) in [7, 11) is 1.37. The van der Waals surface area contributed by atoms with Gasteiger partial charge in [-0.15, -0.1) is 0 Å². The van der Waals surface area contributed by atoms with Crippen LogP contribution >= 0.6 is 0 Å². The summed E-state index contributed by atoms with van der Waals surface area (Å²) in [5.41, 5.74) is 1.15. The number of piperidine rings is 1. The number of carbonyl (C=O) groups excluding carboxylic acids is 1. The fourth-order valence-corrected chi connectivity index (χ4v) is 2.80. The lowest BCUT2D eigenvalue weighted by Crippen LogP contribution is -2.34. The topological polar surface area (TPSA) is 67.3 Å². The number of anilines is 3. The Kier molecular flexibility index (Phi) is 4.93. The standard InChI is InChI=1S/C18H22N4O2/c1-13-8-11-22(12-9-13)18-19-10-7-16(21-18)20-15-6-4-3-5-14(15)17(23)24-2/h3-7,10,13H,8-9,11-12H2,1-2H3,(H,19,20,21). The first-order valence-electron chi connectivity index (χ1n) is 8.19. The van der Waals surface area contributed by atoms with Crippen LogP contribution in [0.1, 0.15) is 30.1 Å². The van der Waals surface area contributed by atoms with E-state index in [-0.39, 0.29) is 5.97 Å². The molecule has 0 aliphatic carbocycles. The van der Waals surface area contributed by atoms with Crippen molar-refractivity contribution >= 4 is 23.4 Å². The summed E-state index contributed by atoms with van der Waals surface area (Å²) in [6, 6.07) is 9.02. The van der Waals surface area contributed by atoms with Gasteiger partial charge in [-0.3, -0.25) is 0 Å². The number of para-hydroxylation sites is 1. The van der Waals surface area contributed by atoms with Crippen molar-refractivity contribution in [3.63, 3.8) is 0 Å². The third kappa shape index (κ3) is 3.64. The predicted octanol–water partition coefficient (Wildman–Crippen LogP) is 3.24. The monoisotopic (exact) mass is 326 g/mol. The van der Waals surface area contributed by atoms with Crippen molar-refractivity contribution in [3.8, 4) is 0 Å². The highest BCUT2D eigenvalue weighted by atomic mass is 16.5. The molecule has 0 radical (unpaired) electrons. The molecule has 0 amide bonds. The van der Waals surface area contributed by atoms with Crippen LogP contribution in [-0.4, -0.2) is 36.1 Å². The van der Waals surface area contributed by atoms with Gasteiger partial charge in [0.1, 0.15) is 5.82 Å². The number of ether oxygens (including phenoxy) is 1. The second kappa shape index (κ2) is 7.29. The molecule has 1 fully saturated rings. The van der Waals surface area contributed by atoms with Crippen LogP contribution in [0.15, 0.2) is 36.5 Å². The van der Waals surface area contributed by atoms with Gasteiger partial charge < -0.3 is 15.0 Å². The molecule has 0 saturated carbocycles. The fraction of sp³-hybridized carbons (Fsp3) is 0.389. The van der Waals surface area contributed by atoms with Crippen LogP contribution in [0.2, 0.25) is 0 Å². The molecule has 1 aromatic carbocycles. The van der Waals surface area contributed by atoms with E-state index in [0.717, 1.165) is 37.8 Å². The SMILES string of the molecule is COC(=O)c1ccccc1Nc1ccnc(N2CCC(C)CC2)n1. The van der Waals surface area contributed by atoms with Crippen LogP contribution in [0.4, 0.5) is 17.5 Å². The van der Waals surface area contributed by atoms with Gasteiger partial charge in [-0.25, -0.2) is 9.78 Å². The van der Waals surface area contributed by atoms with Crippen LogP contribution in [0, 0.1) is 5.92 Å². The third-order valence-electron chi connectivity index (χ3n) is 4.30. The van der Waals surface area contributed by atoms with Crippen LogP contribution < -0.4 is 10.2 Å². The van der Waals surface area contributed by atoms with E-state index in [1.807, 2.05) is 12.1 Å². The van der Waals surface area contributed by atoms with Crippen molar-refractivity contribution in [2.75, 3.05) is 30.4 Å². The Bertz CT molecular complexity index is 712. The Balaban J connectivity index is 1.79. The van der Waals surface area contributed by atoms with Gasteiger partial charge in [-0.1, -0.05) is 19.1 Å². The molecular weight excluding hydrogens is 304 g/mol. The zero-order valence-corrected chi connectivity index (χ0v) is 14.0. The first-order chi connectivity index (χ1) is 11.7. The Labute approximate surface area is 141 Å². The van der Waals surface area contributed by atoms with E-state index in [9.17, 15) is 4.79 Å². The summed E-state index contributed by atoms with van der Waals surface area (Å²) in [4.78, 5) is 23.1. The molecule has 1 N–H and O–H groups in total. The quantitative estimate of drug-likeness (QED) is 0.870. The number of esters is 1. The molecule has 1 aromatic heterocycles. The minimum atomic E-state index is -0.377. The maximum atomic E-state index is 11.9. The number of benzene rings is 1. The number of rotatable bonds is 4. The first-order valence-corrected chi connectivity index (χ1v) is 8.19. The van der Waals surface area contributed by atoms with E-state index < -0.39 is 0 Å². The van der Waals surface area contributed by atoms with E-state index in [2.05, 4.69) is 27.1 Å². The number of carbonyl (C=O) groups is 1. The number of nitrogens with one attached hydrogen (secondary N) is 1. The third-order valence-corrected chi connectivity index (χ3v) is 4.30. The van der Waals surface area contributed by atoms with Crippen LogP contribution in [0.25, 0.3) is 0 Å². The lowest BCUT2D eigenvalue weighted by Gasteiger charge is -2.30. The lowest BCUT2D eigenvalue weighted by molar-refractivity contribution is 0.0602. The highest BCUT2D eigenvalue weighted by Crippen LogP contribution is 2.23. The van der Waals surface area contributed by atoms with Gasteiger partial charge >= 0.3 is 5.97 Å². The molecule has 0 bridgehead atoms. The van der Waals surface area contributed by atoms with Gasteiger partial charge in [0, 0.05) is 19.3 Å². The second-order valence-electron chi connectivity index (χ2n) is 6.07. The molecule has 3 rings (SSSR count). The van der Waals surface area contributed by atoms with Gasteiger partial charge in [-0.2, -0.15) is 4.98 Å². The Morgan fingerprint density at radius 1 is 1.25 bits per heavy atom. The average Bonchev–Trinajstić information content (AvgIpc) is 2.62. The Morgan fingerprint density at radius 2 is 2.00 bits per heavy atom. The van der Waals surface area contributed by atoms with E-state index in [0.29, 0.717) is 17.1 Å². The molecule has 6 heteroatoms. The van der Waals surface area contributed by atoms with Gasteiger partial charge in [0.05, 0.1) is 18.4 Å². The van der Waals surface area contributed by atoms with Crippen molar-refractivity contribution in [1.29, 1.82) is 0 Å². The van der Waals surface area contributed by atoms with Crippen molar-refractivity contribution < 1.29 is 9.53 Å². The molecule has 2 heterocycles. The molecule has 0 unspecified atom stereocenters. The Morgan fingerprint density at radius 3 is 2.75 bits per heavy atom. The number of hydrogen-bond donors (Lipinski definition) is 1. The normalized spacial score (nSPS) is 15.2. The minimum Gasteiger partial charge on any atom is -0.465 e. The van der Waals surface area contributed by atoms with E-state index in [4.69, 9.17) is 4.74 Å². The average molecular weight is 326 g/mol. The fourth-order valence-electron chi connectivity index (χ4n) is 2.80. The van der Waals surface area contributed by atoms with Gasteiger partial charge in [-0.05, 0) is 37.0 Å². The zero-order valence-electron chi connectivity index (χ0n) is 14.0. The largest absolute Gasteiger partial charge is 0.465 e. The van der Waals surface area contributed by atoms with Crippen LogP contribution in [0.3, 0.4) is 0 Å². The summed E-state index contributed by atoms with van der Waals surface area (Å²) in [6.07, 6.45) is 4.06. The molecule has 1 aliphatic heterocycles. The summed E-state index contributed by atoms with van der Waals surface area (Å²) >= 11 is 0. The van der Waals surface area contributed by atoms with E-state index in [1.54, 1.807) is 24.4 Å². The Hall–Kier alpha value is -2.63. The van der Waals surface area contributed by atoms with Gasteiger partial charge in [0.2, 0.25) is 5.95 Å². The maximum Gasteiger partial charge on any atom is 0.339 e. The first kappa shape index (κ1) is 16.2. The molecule has 2 aromatic rings. The molecule has 6 nitrogen and oxygen atoms in total. The van der Waals surface area contributed by atoms with E-state index >= 15 is 0 Å². The van der Waals surface area contributed by atoms with Gasteiger partial charge in [0.15, 0.2) is 0 Å². The highest BCUT2D eigenvalue weighted by Gasteiger charge is 2.18. The number of hydrogen-bond acceptors (Lipinski definition) is 6. The molecule has 1 saturated heterocycles. The minimum absolute atomic E-state index is 0.377. The molecule has 126 valence electrons. The summed E-state index contributed by atoms with van der Waals surface area (Å²) in [5.74, 6) is 1.77. The molecule has 24 heavy (non-hydrogen) atoms. The van der Waals surface area contributed by atoms with E-state index in [1.165, 1.54) is 7.11 Å². The van der Waals surface area contributed by atoms with Crippen molar-refractivity contribution in [1.82, 2.24) is 9.97 Å². The van der Waals surface area contributed by atoms with Crippen molar-refractivity contribution in [2.24, 2.45) is 5.92 Å². The van der Waals surface area contributed by atoms with Crippen LogP contribution in [-0.2, 0) is 4.74 Å². The molecule has 0 spiro atoms. The van der Waals surface area contributed by atoms with Gasteiger partial charge in [0.25, 0.3) is 0 Å². The van der Waals surface area contributed by atoms with Crippen molar-refractivity contribution in [3.05, 3.63) is 42.1 Å². The number of methoxy groups -OCH3 is 1. The molecular formula is C18H22N4O2. The number of aromatic nitrogens is 2. The summed E-state index contributed by atoms with van der Waals surface area (Å²) < 4.78 is 4.82. The molecule has 0 atom stereocenters. The van der Waals surface area contributed by atoms with Crippen LogP contribution in [0.5, 0.6) is 0 Å². The van der Waals surface area contributed by atoms with Crippen molar-refractivity contribution in [2.45, 2.75) is 19.8 Å². The lowest BCUT2D eigenvalue weighted by atomic mass is 10.00. The number of nitrogens with zero attached hydrogens (tertiary/aromatic N) is 3. The second-order valence-corrected chi connectivity index (χ2v) is 6.07. The highest BCUT2D eigenvalue weighted by molar-refractivity contribution is 5.96. The zero-order chi connectivity index (χ0) is 16.9. The summed E-state index contributed by atoms with van der Waals surface area (Å²) in [6.45, 7) is 4.23. The smallest absolute Gasteiger partial charge is 0.339 e. The molecule has 1 aliphatic rings. The predicted molar refractivity (Wildman–Crippen MR) is 93.7 cm³/mol.